The highest BCUT2D eigenvalue weighted by Gasteiger charge is 2.62. The molecular weight excluding hydrogens is 316 g/mol. The fourth-order valence-electron chi connectivity index (χ4n) is 7.34. The Morgan fingerprint density at radius 2 is 1.96 bits per heavy atom. The van der Waals surface area contributed by atoms with E-state index in [0.717, 1.165) is 38.5 Å². The summed E-state index contributed by atoms with van der Waals surface area (Å²) in [5.74, 6) is 0.857. The average molecular weight is 348 g/mol. The molecule has 25 heavy (non-hydrogen) atoms. The first-order valence-corrected chi connectivity index (χ1v) is 10.0. The molecule has 4 heteroatoms. The van der Waals surface area contributed by atoms with Crippen molar-refractivity contribution in [3.8, 4) is 0 Å². The number of hydrogen-bond acceptors (Lipinski definition) is 4. The molecule has 0 bridgehead atoms. The van der Waals surface area contributed by atoms with Gasteiger partial charge in [-0.05, 0) is 73.5 Å². The molecule has 3 fully saturated rings. The summed E-state index contributed by atoms with van der Waals surface area (Å²) < 4.78 is 0. The van der Waals surface area contributed by atoms with E-state index in [-0.39, 0.29) is 22.7 Å². The summed E-state index contributed by atoms with van der Waals surface area (Å²) in [6, 6.07) is 0. The number of carbonyl (C=O) groups excluding carboxylic acids is 1. The minimum atomic E-state index is -0.611. The summed E-state index contributed by atoms with van der Waals surface area (Å²) in [7, 11) is 0. The molecule has 3 saturated carbocycles. The maximum atomic E-state index is 12.3. The minimum absolute atomic E-state index is 0.174. The van der Waals surface area contributed by atoms with E-state index in [9.17, 15) is 20.1 Å². The van der Waals surface area contributed by atoms with Crippen LogP contribution in [0.2, 0.25) is 0 Å². The third-order valence-corrected chi connectivity index (χ3v) is 8.61. The van der Waals surface area contributed by atoms with E-state index in [1.807, 2.05) is 0 Å². The number of ketones is 1. The number of hydrogen-bond donors (Lipinski definition) is 3. The van der Waals surface area contributed by atoms with Crippen molar-refractivity contribution in [2.75, 3.05) is 6.61 Å². The van der Waals surface area contributed by atoms with Gasteiger partial charge in [-0.2, -0.15) is 0 Å². The Hall–Kier alpha value is -0.710. The summed E-state index contributed by atoms with van der Waals surface area (Å²) in [6.07, 6.45) is 8.05. The van der Waals surface area contributed by atoms with Gasteiger partial charge < -0.3 is 15.3 Å². The van der Waals surface area contributed by atoms with Crippen LogP contribution in [0.1, 0.15) is 58.8 Å². The minimum Gasteiger partial charge on any atom is -0.393 e. The van der Waals surface area contributed by atoms with Crippen LogP contribution in [-0.4, -0.2) is 39.9 Å². The normalized spacial score (nSPS) is 52.0. The monoisotopic (exact) mass is 348 g/mol. The highest BCUT2D eigenvalue weighted by molar-refractivity contribution is 5.83. The zero-order chi connectivity index (χ0) is 18.0. The van der Waals surface area contributed by atoms with Gasteiger partial charge >= 0.3 is 0 Å². The molecule has 0 aromatic heterocycles. The zero-order valence-corrected chi connectivity index (χ0v) is 15.4. The number of Topliss-reactive ketones (excluding diaryl/α,β-unsaturated/α-hetero) is 1. The molecule has 0 aromatic rings. The number of fused-ring (bicyclic) bond motifs is 5. The van der Waals surface area contributed by atoms with Crippen molar-refractivity contribution in [3.63, 3.8) is 0 Å². The number of allylic oxidation sites excluding steroid dienone is 1. The molecule has 0 aromatic carbocycles. The van der Waals surface area contributed by atoms with Crippen LogP contribution < -0.4 is 0 Å². The van der Waals surface area contributed by atoms with E-state index in [0.29, 0.717) is 24.2 Å². The predicted octanol–water partition coefficient (Wildman–Crippen LogP) is 2.46. The van der Waals surface area contributed by atoms with Gasteiger partial charge in [0.1, 0.15) is 6.61 Å². The maximum absolute atomic E-state index is 12.3. The Morgan fingerprint density at radius 3 is 2.68 bits per heavy atom. The molecule has 0 spiro atoms. The van der Waals surface area contributed by atoms with E-state index in [1.165, 1.54) is 5.57 Å². The van der Waals surface area contributed by atoms with E-state index in [1.54, 1.807) is 0 Å². The van der Waals surface area contributed by atoms with Gasteiger partial charge in [-0.25, -0.2) is 0 Å². The van der Waals surface area contributed by atoms with Crippen LogP contribution in [0.25, 0.3) is 0 Å². The second-order valence-electron chi connectivity index (χ2n) is 9.61. The smallest absolute Gasteiger partial charge is 0.164 e. The zero-order valence-electron chi connectivity index (χ0n) is 15.4. The molecule has 140 valence electrons. The van der Waals surface area contributed by atoms with Crippen molar-refractivity contribution in [1.29, 1.82) is 0 Å². The summed E-state index contributed by atoms with van der Waals surface area (Å²) >= 11 is 0. The first kappa shape index (κ1) is 17.7. The van der Waals surface area contributed by atoms with E-state index in [2.05, 4.69) is 19.9 Å². The molecule has 0 radical (unpaired) electrons. The first-order chi connectivity index (χ1) is 11.8. The molecule has 0 aliphatic heterocycles. The Kier molecular flexibility index (Phi) is 4.17. The van der Waals surface area contributed by atoms with Crippen LogP contribution in [0.3, 0.4) is 0 Å². The predicted molar refractivity (Wildman–Crippen MR) is 94.7 cm³/mol. The standard InChI is InChI=1S/C21H32O4/c1-20-7-5-13(23)9-12(20)3-4-14-15(20)6-8-21(2)16(14)10-17(24)19(21)18(25)11-22/h3,13-17,19,22-24H,4-11H2,1-2H3/t13-,14?,15?,16?,17+,19+,20-,21-/m0/s1. The third-order valence-electron chi connectivity index (χ3n) is 8.61. The quantitative estimate of drug-likeness (QED) is 0.670. The molecule has 3 N–H and O–H groups in total. The Balaban J connectivity index is 1.67. The van der Waals surface area contributed by atoms with Crippen LogP contribution in [0.15, 0.2) is 11.6 Å². The van der Waals surface area contributed by atoms with Crippen molar-refractivity contribution in [1.82, 2.24) is 0 Å². The second kappa shape index (κ2) is 5.90. The fraction of sp³-hybridized carbons (Fsp3) is 0.857. The number of aliphatic hydroxyl groups excluding tert-OH is 3. The average Bonchev–Trinajstić information content (AvgIpc) is 2.85. The van der Waals surface area contributed by atoms with Gasteiger partial charge in [-0.3, -0.25) is 4.79 Å². The lowest BCUT2D eigenvalue weighted by Gasteiger charge is -2.57. The van der Waals surface area contributed by atoms with Crippen LogP contribution in [0.4, 0.5) is 0 Å². The molecule has 0 heterocycles. The van der Waals surface area contributed by atoms with Gasteiger partial charge in [-0.1, -0.05) is 25.5 Å². The van der Waals surface area contributed by atoms with Crippen molar-refractivity contribution in [3.05, 3.63) is 11.6 Å². The lowest BCUT2D eigenvalue weighted by molar-refractivity contribution is -0.135. The lowest BCUT2D eigenvalue weighted by atomic mass is 9.47. The van der Waals surface area contributed by atoms with E-state index in [4.69, 9.17) is 0 Å². The van der Waals surface area contributed by atoms with Gasteiger partial charge in [0, 0.05) is 0 Å². The summed E-state index contributed by atoms with van der Waals surface area (Å²) in [6.45, 7) is 4.10. The molecule has 4 rings (SSSR count). The molecule has 4 nitrogen and oxygen atoms in total. The summed E-state index contributed by atoms with van der Waals surface area (Å²) in [4.78, 5) is 12.3. The van der Waals surface area contributed by atoms with Gasteiger partial charge in [0.15, 0.2) is 5.78 Å². The van der Waals surface area contributed by atoms with Crippen molar-refractivity contribution in [2.45, 2.75) is 71.0 Å². The van der Waals surface area contributed by atoms with Crippen LogP contribution in [-0.2, 0) is 4.79 Å². The van der Waals surface area contributed by atoms with Gasteiger partial charge in [0.05, 0.1) is 18.1 Å². The van der Waals surface area contributed by atoms with E-state index >= 15 is 0 Å². The highest BCUT2D eigenvalue weighted by Crippen LogP contribution is 2.66. The molecule has 4 aliphatic carbocycles. The molecule has 4 aliphatic rings. The van der Waals surface area contributed by atoms with Gasteiger partial charge in [0.2, 0.25) is 0 Å². The fourth-order valence-corrected chi connectivity index (χ4v) is 7.34. The topological polar surface area (TPSA) is 77.8 Å². The Labute approximate surface area is 150 Å². The second-order valence-corrected chi connectivity index (χ2v) is 9.61. The SMILES string of the molecule is C[C@]12CC[C@H](O)CC1=CCC1C2CC[C@@]2(C)C1C[C@@H](O)[C@@H]2C(=O)CO. The largest absolute Gasteiger partial charge is 0.393 e. The number of aliphatic hydroxyl groups is 3. The molecular formula is C21H32O4. The van der Waals surface area contributed by atoms with Crippen molar-refractivity contribution < 1.29 is 20.1 Å². The molecule has 0 saturated heterocycles. The summed E-state index contributed by atoms with van der Waals surface area (Å²) in [5, 5.41) is 30.1. The van der Waals surface area contributed by atoms with Crippen LogP contribution in [0.5, 0.6) is 0 Å². The molecule has 8 atom stereocenters. The lowest BCUT2D eigenvalue weighted by Crippen LogP contribution is -2.51. The van der Waals surface area contributed by atoms with Gasteiger partial charge in [-0.15, -0.1) is 0 Å². The number of rotatable bonds is 2. The highest BCUT2D eigenvalue weighted by atomic mass is 16.3. The van der Waals surface area contributed by atoms with E-state index < -0.39 is 18.6 Å². The number of carbonyl (C=O) groups is 1. The maximum Gasteiger partial charge on any atom is 0.164 e. The van der Waals surface area contributed by atoms with Crippen molar-refractivity contribution >= 4 is 5.78 Å². The van der Waals surface area contributed by atoms with Crippen LogP contribution in [0, 0.1) is 34.5 Å². The van der Waals surface area contributed by atoms with Gasteiger partial charge in [0.25, 0.3) is 0 Å². The molecule has 0 amide bonds. The Morgan fingerprint density at radius 1 is 1.20 bits per heavy atom. The first-order valence-electron chi connectivity index (χ1n) is 10.0. The van der Waals surface area contributed by atoms with Crippen LogP contribution >= 0.6 is 0 Å². The van der Waals surface area contributed by atoms with Crippen molar-refractivity contribution in [2.24, 2.45) is 34.5 Å². The Bertz CT molecular complexity index is 599. The summed E-state index contributed by atoms with van der Waals surface area (Å²) in [5.41, 5.74) is 1.43. The molecule has 3 unspecified atom stereocenters. The third kappa shape index (κ3) is 2.40.